The molecule has 2 aromatic carbocycles. The highest BCUT2D eigenvalue weighted by Gasteiger charge is 2.33. The maximum absolute atomic E-state index is 13.0. The van der Waals surface area contributed by atoms with Crippen LogP contribution in [0.15, 0.2) is 53.4 Å². The quantitative estimate of drug-likeness (QED) is 0.380. The normalized spacial score (nSPS) is 15.1. The largest absolute Gasteiger partial charge is 0.323 e. The molecule has 10 nitrogen and oxygen atoms in total. The first-order chi connectivity index (χ1) is 17.1. The van der Waals surface area contributed by atoms with Crippen LogP contribution < -0.4 is 5.32 Å². The van der Waals surface area contributed by atoms with Crippen LogP contribution in [-0.2, 0) is 21.4 Å². The highest BCUT2D eigenvalue weighted by atomic mass is 32.2. The topological polar surface area (TPSA) is 127 Å². The number of nitrogens with one attached hydrogen (secondary N) is 1. The van der Waals surface area contributed by atoms with E-state index in [2.05, 4.69) is 34.7 Å². The fourth-order valence-electron chi connectivity index (χ4n) is 4.37. The van der Waals surface area contributed by atoms with Crippen molar-refractivity contribution >= 4 is 27.3 Å². The maximum atomic E-state index is 13.0. The molecule has 1 aliphatic rings. The summed E-state index contributed by atoms with van der Waals surface area (Å²) in [7, 11) is -3.79. The van der Waals surface area contributed by atoms with Gasteiger partial charge in [0.25, 0.3) is 5.69 Å². The third-order valence-electron chi connectivity index (χ3n) is 6.59. The minimum atomic E-state index is -3.79. The number of hydrogen-bond acceptors (Lipinski definition) is 6. The Labute approximate surface area is 210 Å². The summed E-state index contributed by atoms with van der Waals surface area (Å²) >= 11 is 0. The lowest BCUT2D eigenvalue weighted by Crippen LogP contribution is -2.41. The van der Waals surface area contributed by atoms with Gasteiger partial charge < -0.3 is 5.32 Å². The minimum absolute atomic E-state index is 0.00300. The Hall–Kier alpha value is -3.57. The molecule has 1 amide bonds. The number of aryl methyl sites for hydroxylation is 2. The van der Waals surface area contributed by atoms with Crippen LogP contribution >= 0.6 is 0 Å². The molecule has 11 heteroatoms. The van der Waals surface area contributed by atoms with Gasteiger partial charge in [0.15, 0.2) is 0 Å². The molecule has 1 saturated heterocycles. The van der Waals surface area contributed by atoms with Crippen molar-refractivity contribution in [3.8, 4) is 0 Å². The molecular weight excluding hydrogens is 482 g/mol. The summed E-state index contributed by atoms with van der Waals surface area (Å²) < 4.78 is 29.1. The average molecular weight is 512 g/mol. The van der Waals surface area contributed by atoms with E-state index in [1.165, 1.54) is 34.1 Å². The van der Waals surface area contributed by atoms with Crippen molar-refractivity contribution < 1.29 is 18.1 Å². The predicted molar refractivity (Wildman–Crippen MR) is 135 cm³/mol. The monoisotopic (exact) mass is 511 g/mol. The molecule has 1 N–H and O–H groups in total. The Morgan fingerprint density at radius 3 is 2.25 bits per heavy atom. The number of nitro groups is 1. The highest BCUT2D eigenvalue weighted by Crippen LogP contribution is 2.27. The molecule has 36 heavy (non-hydrogen) atoms. The molecule has 1 aliphatic heterocycles. The molecule has 0 unspecified atom stereocenters. The third kappa shape index (κ3) is 5.31. The van der Waals surface area contributed by atoms with E-state index in [1.807, 2.05) is 25.5 Å². The van der Waals surface area contributed by atoms with Gasteiger partial charge in [-0.1, -0.05) is 29.8 Å². The van der Waals surface area contributed by atoms with E-state index in [0.29, 0.717) is 25.1 Å². The first-order valence-corrected chi connectivity index (χ1v) is 13.2. The van der Waals surface area contributed by atoms with Gasteiger partial charge in [0.1, 0.15) is 0 Å². The van der Waals surface area contributed by atoms with Crippen LogP contribution in [0.1, 0.15) is 35.4 Å². The van der Waals surface area contributed by atoms with Crippen LogP contribution in [0.3, 0.4) is 0 Å². The number of piperidine rings is 1. The van der Waals surface area contributed by atoms with Crippen LogP contribution in [0.25, 0.3) is 0 Å². The molecule has 4 rings (SSSR count). The predicted octanol–water partition coefficient (Wildman–Crippen LogP) is 3.80. The first-order valence-electron chi connectivity index (χ1n) is 11.7. The molecule has 1 aromatic heterocycles. The zero-order valence-corrected chi connectivity index (χ0v) is 21.3. The zero-order valence-electron chi connectivity index (χ0n) is 20.5. The van der Waals surface area contributed by atoms with Crippen LogP contribution in [0.2, 0.25) is 0 Å². The number of hydrogen-bond donors (Lipinski definition) is 1. The summed E-state index contributed by atoms with van der Waals surface area (Å²) in [5, 5.41) is 18.4. The average Bonchev–Trinajstić information content (AvgIpc) is 3.12. The maximum Gasteiger partial charge on any atom is 0.269 e. The second-order valence-electron chi connectivity index (χ2n) is 9.11. The van der Waals surface area contributed by atoms with E-state index in [-0.39, 0.29) is 35.5 Å². The molecule has 190 valence electrons. The zero-order chi connectivity index (χ0) is 26.0. The van der Waals surface area contributed by atoms with Gasteiger partial charge >= 0.3 is 0 Å². The minimum Gasteiger partial charge on any atom is -0.323 e. The second-order valence-corrected chi connectivity index (χ2v) is 11.0. The van der Waals surface area contributed by atoms with Crippen molar-refractivity contribution in [2.75, 3.05) is 18.4 Å². The van der Waals surface area contributed by atoms with E-state index in [1.54, 1.807) is 0 Å². The Bertz CT molecular complexity index is 1370. The summed E-state index contributed by atoms with van der Waals surface area (Å²) in [5.74, 6) is -0.476. The van der Waals surface area contributed by atoms with Gasteiger partial charge in [-0.15, -0.1) is 0 Å². The second kappa shape index (κ2) is 10.2. The number of carbonyl (C=O) groups excluding carboxylic acids is 1. The molecule has 1 fully saturated rings. The fraction of sp³-hybridized carbons (Fsp3) is 0.360. The molecule has 0 aliphatic carbocycles. The van der Waals surface area contributed by atoms with Crippen LogP contribution in [0.4, 0.5) is 11.4 Å². The van der Waals surface area contributed by atoms with Crippen molar-refractivity contribution in [2.24, 2.45) is 5.92 Å². The Kier molecular flexibility index (Phi) is 7.23. The standard InChI is InChI=1S/C25H29N5O5S/c1-17-4-6-20(7-5-17)16-29-19(3)24(18(2)27-29)26-25(31)21-12-14-28(15-13-21)36(34,35)23-10-8-22(9-11-23)30(32)33/h4-11,21H,12-16H2,1-3H3,(H,26,31). The van der Waals surface area contributed by atoms with Gasteiger partial charge in [-0.25, -0.2) is 8.42 Å². The summed E-state index contributed by atoms with van der Waals surface area (Å²) in [4.78, 5) is 23.3. The fourth-order valence-corrected chi connectivity index (χ4v) is 5.84. The van der Waals surface area contributed by atoms with Gasteiger partial charge in [-0.2, -0.15) is 9.40 Å². The lowest BCUT2D eigenvalue weighted by molar-refractivity contribution is -0.384. The van der Waals surface area contributed by atoms with Crippen molar-refractivity contribution in [3.63, 3.8) is 0 Å². The number of rotatable bonds is 7. The number of non-ortho nitro benzene ring substituents is 1. The number of benzene rings is 2. The Morgan fingerprint density at radius 2 is 1.67 bits per heavy atom. The highest BCUT2D eigenvalue weighted by molar-refractivity contribution is 7.89. The first kappa shape index (κ1) is 25.5. The molecule has 0 atom stereocenters. The van der Waals surface area contributed by atoms with Crippen molar-refractivity contribution in [2.45, 2.75) is 45.1 Å². The van der Waals surface area contributed by atoms with Crippen molar-refractivity contribution in [1.82, 2.24) is 14.1 Å². The number of nitro benzene ring substituents is 1. The van der Waals surface area contributed by atoms with E-state index in [9.17, 15) is 23.3 Å². The van der Waals surface area contributed by atoms with E-state index in [4.69, 9.17) is 0 Å². The van der Waals surface area contributed by atoms with Gasteiger partial charge in [0.05, 0.1) is 33.4 Å². The van der Waals surface area contributed by atoms with Crippen LogP contribution in [-0.4, -0.2) is 46.4 Å². The molecule has 0 spiro atoms. The van der Waals surface area contributed by atoms with Gasteiger partial charge in [0.2, 0.25) is 15.9 Å². The summed E-state index contributed by atoms with van der Waals surface area (Å²) in [6.07, 6.45) is 0.765. The van der Waals surface area contributed by atoms with Crippen molar-refractivity contribution in [3.05, 3.63) is 81.2 Å². The Balaban J connectivity index is 1.38. The van der Waals surface area contributed by atoms with E-state index in [0.717, 1.165) is 17.0 Å². The lowest BCUT2D eigenvalue weighted by Gasteiger charge is -2.30. The summed E-state index contributed by atoms with van der Waals surface area (Å²) in [6, 6.07) is 13.1. The van der Waals surface area contributed by atoms with Crippen LogP contribution in [0, 0.1) is 36.8 Å². The molecule has 3 aromatic rings. The summed E-state index contributed by atoms with van der Waals surface area (Å²) in [5.41, 5.74) is 4.41. The van der Waals surface area contributed by atoms with Gasteiger partial charge in [-0.3, -0.25) is 19.6 Å². The number of aromatic nitrogens is 2. The molecule has 0 bridgehead atoms. The molecule has 0 saturated carbocycles. The van der Waals surface area contributed by atoms with Gasteiger partial charge in [-0.05, 0) is 51.3 Å². The number of amides is 1. The van der Waals surface area contributed by atoms with Gasteiger partial charge in [0, 0.05) is 31.1 Å². The van der Waals surface area contributed by atoms with E-state index >= 15 is 0 Å². The van der Waals surface area contributed by atoms with Crippen LogP contribution in [0.5, 0.6) is 0 Å². The smallest absolute Gasteiger partial charge is 0.269 e. The SMILES string of the molecule is Cc1ccc(Cn2nc(C)c(NC(=O)C3CCN(S(=O)(=O)c4ccc([N+](=O)[O-])cc4)CC3)c2C)cc1. The van der Waals surface area contributed by atoms with Crippen molar-refractivity contribution in [1.29, 1.82) is 0 Å². The number of nitrogens with zero attached hydrogens (tertiary/aromatic N) is 4. The Morgan fingerprint density at radius 1 is 1.06 bits per heavy atom. The number of sulfonamides is 1. The summed E-state index contributed by atoms with van der Waals surface area (Å²) in [6.45, 7) is 6.80. The third-order valence-corrected chi connectivity index (χ3v) is 8.51. The molecule has 0 radical (unpaired) electrons. The van der Waals surface area contributed by atoms with E-state index < -0.39 is 14.9 Å². The molecular formula is C25H29N5O5S. The number of carbonyl (C=O) groups is 1. The lowest BCUT2D eigenvalue weighted by atomic mass is 9.97. The number of anilines is 1. The molecule has 2 heterocycles.